The molecule has 1 saturated carbocycles. The maximum absolute atomic E-state index is 13.9. The van der Waals surface area contributed by atoms with Crippen molar-refractivity contribution in [1.29, 1.82) is 0 Å². The predicted octanol–water partition coefficient (Wildman–Crippen LogP) is 6.42. The van der Waals surface area contributed by atoms with Crippen LogP contribution in [0.3, 0.4) is 0 Å². The van der Waals surface area contributed by atoms with Crippen LogP contribution < -0.4 is 4.90 Å². The number of amides is 1. The number of benzene rings is 2. The standard InChI is InChI=1S/C30H36N2O4/c1-17-10-12-20(13-11-17)23-21-16-18(2)32-25(21)24(31(7)28(35)30(32)14-8-9-15-30)19(3)22(23)26(27(33)34)36-29(4,5)6/h10-13,16,26H,8-9,14-15H2,1-7H3,(H,33,34)/t26-/m0/s1. The first-order chi connectivity index (χ1) is 16.9. The van der Waals surface area contributed by atoms with Crippen molar-refractivity contribution in [3.8, 4) is 11.1 Å². The first-order valence-electron chi connectivity index (χ1n) is 12.8. The number of aliphatic carboxylic acids is 1. The average molecular weight is 489 g/mol. The van der Waals surface area contributed by atoms with Gasteiger partial charge in [-0.15, -0.1) is 0 Å². The highest BCUT2D eigenvalue weighted by Gasteiger charge is 2.50. The molecule has 1 aliphatic carbocycles. The van der Waals surface area contributed by atoms with Gasteiger partial charge < -0.3 is 19.3 Å². The highest BCUT2D eigenvalue weighted by molar-refractivity contribution is 6.15. The molecular weight excluding hydrogens is 452 g/mol. The Morgan fingerprint density at radius 1 is 1.08 bits per heavy atom. The Bertz CT molecular complexity index is 1390. The molecule has 2 aliphatic rings. The smallest absolute Gasteiger partial charge is 0.337 e. The molecular formula is C30H36N2O4. The second kappa shape index (κ2) is 8.20. The molecule has 3 aromatic rings. The SMILES string of the molecule is Cc1ccc(-c2c([C@H](OC(C)(C)C)C(=O)O)c(C)c3c4c2cc(C)n4C2(CCCC2)C(=O)N3C)cc1. The Morgan fingerprint density at radius 3 is 2.25 bits per heavy atom. The molecule has 1 N–H and O–H groups in total. The zero-order valence-electron chi connectivity index (χ0n) is 22.4. The van der Waals surface area contributed by atoms with E-state index in [9.17, 15) is 14.7 Å². The largest absolute Gasteiger partial charge is 0.479 e. The van der Waals surface area contributed by atoms with Crippen molar-refractivity contribution in [3.63, 3.8) is 0 Å². The summed E-state index contributed by atoms with van der Waals surface area (Å²) in [7, 11) is 1.84. The van der Waals surface area contributed by atoms with Crippen LogP contribution in [-0.4, -0.2) is 34.2 Å². The molecule has 0 saturated heterocycles. The van der Waals surface area contributed by atoms with Crippen LogP contribution in [0.15, 0.2) is 30.3 Å². The van der Waals surface area contributed by atoms with Gasteiger partial charge in [0.25, 0.3) is 5.91 Å². The van der Waals surface area contributed by atoms with Gasteiger partial charge in [0.2, 0.25) is 0 Å². The van der Waals surface area contributed by atoms with Gasteiger partial charge in [0.15, 0.2) is 6.10 Å². The first kappa shape index (κ1) is 24.6. The number of rotatable bonds is 4. The third-order valence-corrected chi connectivity index (χ3v) is 7.90. The van der Waals surface area contributed by atoms with Crippen molar-refractivity contribution in [1.82, 2.24) is 4.57 Å². The number of ether oxygens (including phenoxy) is 1. The van der Waals surface area contributed by atoms with Crippen LogP contribution in [0.2, 0.25) is 0 Å². The fourth-order valence-electron chi connectivity index (χ4n) is 6.51. The number of carbonyl (C=O) groups excluding carboxylic acids is 1. The summed E-state index contributed by atoms with van der Waals surface area (Å²) >= 11 is 0. The molecule has 6 nitrogen and oxygen atoms in total. The Labute approximate surface area is 212 Å². The van der Waals surface area contributed by atoms with Crippen LogP contribution in [0.1, 0.15) is 74.9 Å². The van der Waals surface area contributed by atoms with E-state index in [1.54, 1.807) is 4.90 Å². The molecule has 1 atom stereocenters. The number of hydrogen-bond acceptors (Lipinski definition) is 3. The number of carbonyl (C=O) groups is 2. The second-order valence-electron chi connectivity index (χ2n) is 11.6. The Balaban J connectivity index is 1.95. The van der Waals surface area contributed by atoms with E-state index in [2.05, 4.69) is 41.8 Å². The van der Waals surface area contributed by atoms with E-state index < -0.39 is 23.2 Å². The van der Waals surface area contributed by atoms with Gasteiger partial charge in [-0.3, -0.25) is 4.79 Å². The number of carboxylic acids is 1. The molecule has 0 bridgehead atoms. The summed E-state index contributed by atoms with van der Waals surface area (Å²) in [6.07, 6.45) is 2.52. The summed E-state index contributed by atoms with van der Waals surface area (Å²) in [5, 5.41) is 11.4. The third kappa shape index (κ3) is 3.49. The quantitative estimate of drug-likeness (QED) is 0.460. The van der Waals surface area contributed by atoms with E-state index in [0.717, 1.165) is 70.2 Å². The minimum atomic E-state index is -1.18. The van der Waals surface area contributed by atoms with Crippen LogP contribution in [-0.2, 0) is 19.9 Å². The maximum atomic E-state index is 13.9. The van der Waals surface area contributed by atoms with Gasteiger partial charge in [-0.1, -0.05) is 42.7 Å². The molecule has 5 rings (SSSR count). The van der Waals surface area contributed by atoms with Crippen LogP contribution in [0.4, 0.5) is 5.69 Å². The zero-order valence-corrected chi connectivity index (χ0v) is 22.4. The normalized spacial score (nSPS) is 17.9. The number of fused-ring (bicyclic) bond motifs is 1. The number of hydrogen-bond donors (Lipinski definition) is 1. The summed E-state index contributed by atoms with van der Waals surface area (Å²) in [6.45, 7) is 11.6. The van der Waals surface area contributed by atoms with Crippen molar-refractivity contribution in [2.24, 2.45) is 0 Å². The maximum Gasteiger partial charge on any atom is 0.337 e. The molecule has 36 heavy (non-hydrogen) atoms. The molecule has 190 valence electrons. The molecule has 0 unspecified atom stereocenters. The zero-order chi connectivity index (χ0) is 26.2. The van der Waals surface area contributed by atoms with Gasteiger partial charge in [-0.25, -0.2) is 4.79 Å². The van der Waals surface area contributed by atoms with Gasteiger partial charge in [0.1, 0.15) is 5.54 Å². The molecule has 2 heterocycles. The number of aromatic nitrogens is 1. The van der Waals surface area contributed by atoms with Crippen molar-refractivity contribution in [2.45, 2.75) is 84.5 Å². The van der Waals surface area contributed by atoms with Crippen LogP contribution >= 0.6 is 0 Å². The van der Waals surface area contributed by atoms with Crippen molar-refractivity contribution >= 4 is 28.5 Å². The number of likely N-dealkylation sites (N-methyl/N-ethyl adjacent to an activating group) is 1. The van der Waals surface area contributed by atoms with Crippen LogP contribution in [0.25, 0.3) is 22.0 Å². The van der Waals surface area contributed by atoms with Crippen LogP contribution in [0.5, 0.6) is 0 Å². The molecule has 2 aromatic carbocycles. The highest BCUT2D eigenvalue weighted by Crippen LogP contribution is 2.53. The van der Waals surface area contributed by atoms with Crippen molar-refractivity contribution in [3.05, 3.63) is 52.7 Å². The molecule has 1 spiro atoms. The fraction of sp³-hybridized carbons (Fsp3) is 0.467. The van der Waals surface area contributed by atoms with Gasteiger partial charge in [-0.2, -0.15) is 0 Å². The summed E-state index contributed by atoms with van der Waals surface area (Å²) in [5.41, 5.74) is 5.94. The molecule has 1 fully saturated rings. The Kier molecular flexibility index (Phi) is 5.60. The van der Waals surface area contributed by atoms with E-state index in [1.807, 2.05) is 41.7 Å². The monoisotopic (exact) mass is 488 g/mol. The molecule has 1 amide bonds. The molecule has 6 heteroatoms. The van der Waals surface area contributed by atoms with Gasteiger partial charge in [-0.05, 0) is 77.1 Å². The number of anilines is 1. The predicted molar refractivity (Wildman–Crippen MR) is 143 cm³/mol. The number of aryl methyl sites for hydroxylation is 2. The summed E-state index contributed by atoms with van der Waals surface area (Å²) in [4.78, 5) is 28.5. The number of carboxylic acid groups (broad SMARTS) is 1. The third-order valence-electron chi connectivity index (χ3n) is 7.90. The average Bonchev–Trinajstić information content (AvgIpc) is 3.40. The van der Waals surface area contributed by atoms with E-state index in [-0.39, 0.29) is 5.91 Å². The van der Waals surface area contributed by atoms with Crippen molar-refractivity contribution in [2.75, 3.05) is 11.9 Å². The lowest BCUT2D eigenvalue weighted by molar-refractivity contribution is -0.160. The molecule has 1 aliphatic heterocycles. The molecule has 0 radical (unpaired) electrons. The Hall–Kier alpha value is -3.12. The van der Waals surface area contributed by atoms with Crippen LogP contribution in [0, 0.1) is 20.8 Å². The van der Waals surface area contributed by atoms with E-state index in [4.69, 9.17) is 4.74 Å². The lowest BCUT2D eigenvalue weighted by Gasteiger charge is -2.42. The van der Waals surface area contributed by atoms with E-state index in [1.165, 1.54) is 0 Å². The topological polar surface area (TPSA) is 71.8 Å². The highest BCUT2D eigenvalue weighted by atomic mass is 16.5. The van der Waals surface area contributed by atoms with Gasteiger partial charge in [0.05, 0.1) is 16.8 Å². The lowest BCUT2D eigenvalue weighted by atomic mass is 9.85. The van der Waals surface area contributed by atoms with E-state index in [0.29, 0.717) is 5.56 Å². The summed E-state index contributed by atoms with van der Waals surface area (Å²) < 4.78 is 8.47. The summed E-state index contributed by atoms with van der Waals surface area (Å²) in [5.74, 6) is -0.949. The van der Waals surface area contributed by atoms with E-state index >= 15 is 0 Å². The van der Waals surface area contributed by atoms with Gasteiger partial charge in [0, 0.05) is 23.7 Å². The fourth-order valence-corrected chi connectivity index (χ4v) is 6.51. The Morgan fingerprint density at radius 2 is 1.69 bits per heavy atom. The summed E-state index contributed by atoms with van der Waals surface area (Å²) in [6, 6.07) is 10.4. The number of nitrogens with zero attached hydrogens (tertiary/aromatic N) is 2. The first-order valence-corrected chi connectivity index (χ1v) is 12.8. The second-order valence-corrected chi connectivity index (χ2v) is 11.6. The van der Waals surface area contributed by atoms with Crippen molar-refractivity contribution < 1.29 is 19.4 Å². The lowest BCUT2D eigenvalue weighted by Crippen LogP contribution is -2.51. The van der Waals surface area contributed by atoms with Gasteiger partial charge >= 0.3 is 5.97 Å². The minimum absolute atomic E-state index is 0.0915. The molecule has 1 aromatic heterocycles. The minimum Gasteiger partial charge on any atom is -0.479 e.